The predicted molar refractivity (Wildman–Crippen MR) is 54.3 cm³/mol. The van der Waals surface area contributed by atoms with Gasteiger partial charge in [-0.15, -0.1) is 0 Å². The maximum absolute atomic E-state index is 5.74. The first-order valence-corrected chi connectivity index (χ1v) is 4.87. The van der Waals surface area contributed by atoms with Crippen LogP contribution in [-0.2, 0) is 11.3 Å². The monoisotopic (exact) mass is 247 g/mol. The molecule has 1 aromatic rings. The fraction of sp³-hybridized carbons (Fsp3) is 0.556. The lowest BCUT2D eigenvalue weighted by Gasteiger charge is -2.17. The zero-order chi connectivity index (χ0) is 9.90. The van der Waals surface area contributed by atoms with Crippen molar-refractivity contribution in [3.8, 4) is 0 Å². The lowest BCUT2D eigenvalue weighted by Crippen LogP contribution is -2.37. The molecule has 0 aliphatic heterocycles. The van der Waals surface area contributed by atoms with E-state index < -0.39 is 0 Å². The maximum Gasteiger partial charge on any atom is 0.169 e. The smallest absolute Gasteiger partial charge is 0.169 e. The van der Waals surface area contributed by atoms with E-state index in [9.17, 15) is 0 Å². The third-order valence-electron chi connectivity index (χ3n) is 1.35. The molecule has 0 amide bonds. The van der Waals surface area contributed by atoms with Gasteiger partial charge in [0.05, 0.1) is 6.61 Å². The number of furan rings is 1. The average Bonchev–Trinajstić information content (AvgIpc) is 2.33. The molecule has 1 rings (SSSR count). The van der Waals surface area contributed by atoms with Crippen LogP contribution in [0.3, 0.4) is 0 Å². The molecule has 0 spiro atoms. The number of halogens is 1. The van der Waals surface area contributed by atoms with Crippen LogP contribution >= 0.6 is 15.9 Å². The molecule has 0 saturated heterocycles. The molecule has 3 nitrogen and oxygen atoms in total. The normalized spacial score (nSPS) is 12.0. The summed E-state index contributed by atoms with van der Waals surface area (Å²) in [5, 5.41) is 0. The first kappa shape index (κ1) is 10.8. The predicted octanol–water partition coefficient (Wildman–Crippen LogP) is 2.30. The average molecular weight is 248 g/mol. The second-order valence-corrected chi connectivity index (χ2v) is 4.47. The van der Waals surface area contributed by atoms with E-state index in [1.54, 1.807) is 0 Å². The Morgan fingerprint density at radius 2 is 2.23 bits per heavy atom. The summed E-state index contributed by atoms with van der Waals surface area (Å²) in [6.45, 7) is 4.83. The topological polar surface area (TPSA) is 48.4 Å². The summed E-state index contributed by atoms with van der Waals surface area (Å²) in [6, 6.07) is 3.71. The molecule has 0 fully saturated rings. The highest BCUT2D eigenvalue weighted by Gasteiger charge is 2.10. The minimum Gasteiger partial charge on any atom is -0.452 e. The standard InChI is InChI=1S/C9H14BrNO2/c1-9(2,11)6-12-5-7-3-4-8(10)13-7/h3-4H,5-6,11H2,1-2H3. The van der Waals surface area contributed by atoms with Gasteiger partial charge in [0.25, 0.3) is 0 Å². The molecule has 0 bridgehead atoms. The molecule has 0 aromatic carbocycles. The summed E-state index contributed by atoms with van der Waals surface area (Å²) >= 11 is 3.22. The number of ether oxygens (including phenoxy) is 1. The molecular weight excluding hydrogens is 234 g/mol. The van der Waals surface area contributed by atoms with E-state index in [0.717, 1.165) is 10.4 Å². The Balaban J connectivity index is 2.28. The van der Waals surface area contributed by atoms with Crippen molar-refractivity contribution in [2.75, 3.05) is 6.61 Å². The first-order chi connectivity index (χ1) is 5.97. The van der Waals surface area contributed by atoms with Crippen LogP contribution in [0.15, 0.2) is 21.2 Å². The summed E-state index contributed by atoms with van der Waals surface area (Å²) in [5.74, 6) is 0.802. The minimum atomic E-state index is -0.288. The number of rotatable bonds is 4. The summed E-state index contributed by atoms with van der Waals surface area (Å²) in [7, 11) is 0. The van der Waals surface area contributed by atoms with E-state index in [1.807, 2.05) is 26.0 Å². The van der Waals surface area contributed by atoms with Crippen LogP contribution in [0.2, 0.25) is 0 Å². The zero-order valence-electron chi connectivity index (χ0n) is 7.84. The molecule has 0 unspecified atom stereocenters. The molecule has 4 heteroatoms. The second-order valence-electron chi connectivity index (χ2n) is 3.69. The van der Waals surface area contributed by atoms with Gasteiger partial charge in [-0.2, -0.15) is 0 Å². The summed E-state index contributed by atoms with van der Waals surface area (Å²) in [5.41, 5.74) is 5.45. The van der Waals surface area contributed by atoms with Gasteiger partial charge in [0.1, 0.15) is 12.4 Å². The second kappa shape index (κ2) is 4.26. The van der Waals surface area contributed by atoms with Gasteiger partial charge in [0.15, 0.2) is 4.67 Å². The van der Waals surface area contributed by atoms with Gasteiger partial charge in [-0.1, -0.05) is 0 Å². The summed E-state index contributed by atoms with van der Waals surface area (Å²) in [4.78, 5) is 0. The fourth-order valence-corrected chi connectivity index (χ4v) is 1.18. The van der Waals surface area contributed by atoms with Crippen molar-refractivity contribution in [1.82, 2.24) is 0 Å². The van der Waals surface area contributed by atoms with E-state index in [4.69, 9.17) is 14.9 Å². The van der Waals surface area contributed by atoms with Crippen molar-refractivity contribution in [2.24, 2.45) is 5.73 Å². The largest absolute Gasteiger partial charge is 0.452 e. The van der Waals surface area contributed by atoms with Crippen LogP contribution in [0, 0.1) is 0 Å². The maximum atomic E-state index is 5.74. The Morgan fingerprint density at radius 1 is 1.54 bits per heavy atom. The lowest BCUT2D eigenvalue weighted by atomic mass is 10.1. The van der Waals surface area contributed by atoms with E-state index in [2.05, 4.69) is 15.9 Å². The molecule has 2 N–H and O–H groups in total. The van der Waals surface area contributed by atoms with Crippen LogP contribution in [0.5, 0.6) is 0 Å². The van der Waals surface area contributed by atoms with E-state index in [-0.39, 0.29) is 5.54 Å². The molecule has 1 heterocycles. The van der Waals surface area contributed by atoms with E-state index in [0.29, 0.717) is 13.2 Å². The van der Waals surface area contributed by atoms with Crippen molar-refractivity contribution < 1.29 is 9.15 Å². The van der Waals surface area contributed by atoms with Gasteiger partial charge in [0.2, 0.25) is 0 Å². The SMILES string of the molecule is CC(C)(N)COCc1ccc(Br)o1. The van der Waals surface area contributed by atoms with Crippen LogP contribution < -0.4 is 5.73 Å². The zero-order valence-corrected chi connectivity index (χ0v) is 9.43. The van der Waals surface area contributed by atoms with Crippen molar-refractivity contribution >= 4 is 15.9 Å². The Labute approximate surface area is 86.4 Å². The van der Waals surface area contributed by atoms with Crippen LogP contribution in [0.25, 0.3) is 0 Å². The molecule has 0 aliphatic carbocycles. The van der Waals surface area contributed by atoms with Crippen LogP contribution in [0.4, 0.5) is 0 Å². The van der Waals surface area contributed by atoms with Gasteiger partial charge >= 0.3 is 0 Å². The molecule has 1 aromatic heterocycles. The van der Waals surface area contributed by atoms with Crippen LogP contribution in [-0.4, -0.2) is 12.1 Å². The summed E-state index contributed by atoms with van der Waals surface area (Å²) < 4.78 is 11.3. The number of hydrogen-bond donors (Lipinski definition) is 1. The van der Waals surface area contributed by atoms with Crippen molar-refractivity contribution in [3.05, 3.63) is 22.6 Å². The molecular formula is C9H14BrNO2. The van der Waals surface area contributed by atoms with Gasteiger partial charge in [-0.3, -0.25) is 0 Å². The van der Waals surface area contributed by atoms with Gasteiger partial charge in [-0.05, 0) is 41.9 Å². The highest BCUT2D eigenvalue weighted by Crippen LogP contribution is 2.14. The van der Waals surface area contributed by atoms with Crippen molar-refractivity contribution in [1.29, 1.82) is 0 Å². The van der Waals surface area contributed by atoms with Gasteiger partial charge in [-0.25, -0.2) is 0 Å². The number of nitrogens with two attached hydrogens (primary N) is 1. The fourth-order valence-electron chi connectivity index (χ4n) is 0.844. The molecule has 0 saturated carbocycles. The lowest BCUT2D eigenvalue weighted by molar-refractivity contribution is 0.0732. The first-order valence-electron chi connectivity index (χ1n) is 4.08. The molecule has 13 heavy (non-hydrogen) atoms. The third-order valence-corrected chi connectivity index (χ3v) is 1.77. The number of hydrogen-bond acceptors (Lipinski definition) is 3. The Kier molecular flexibility index (Phi) is 3.53. The summed E-state index contributed by atoms with van der Waals surface area (Å²) in [6.07, 6.45) is 0. The highest BCUT2D eigenvalue weighted by molar-refractivity contribution is 9.10. The van der Waals surface area contributed by atoms with Gasteiger partial charge < -0.3 is 14.9 Å². The molecule has 0 radical (unpaired) electrons. The molecule has 0 atom stereocenters. The third kappa shape index (κ3) is 4.45. The quantitative estimate of drug-likeness (QED) is 0.889. The van der Waals surface area contributed by atoms with Gasteiger partial charge in [0, 0.05) is 5.54 Å². The molecule has 0 aliphatic rings. The van der Waals surface area contributed by atoms with E-state index in [1.165, 1.54) is 0 Å². The molecule has 74 valence electrons. The van der Waals surface area contributed by atoms with Crippen molar-refractivity contribution in [2.45, 2.75) is 26.0 Å². The Bertz CT molecular complexity index is 265. The Hall–Kier alpha value is -0.320. The Morgan fingerprint density at radius 3 is 2.69 bits per heavy atom. The minimum absolute atomic E-state index is 0.288. The highest BCUT2D eigenvalue weighted by atomic mass is 79.9. The van der Waals surface area contributed by atoms with E-state index >= 15 is 0 Å². The van der Waals surface area contributed by atoms with Crippen molar-refractivity contribution in [3.63, 3.8) is 0 Å². The van der Waals surface area contributed by atoms with Crippen LogP contribution in [0.1, 0.15) is 19.6 Å².